The molecule has 20 heavy (non-hydrogen) atoms. The summed E-state index contributed by atoms with van der Waals surface area (Å²) in [5, 5.41) is 7.58. The average molecular weight is 270 g/mol. The number of aromatic nitrogens is 3. The zero-order valence-corrected chi connectivity index (χ0v) is 11.6. The van der Waals surface area contributed by atoms with Gasteiger partial charge in [0.15, 0.2) is 0 Å². The molecule has 0 radical (unpaired) electrons. The number of hydrogen-bond acceptors (Lipinski definition) is 3. The molecule has 1 aromatic carbocycles. The Morgan fingerprint density at radius 2 is 2.10 bits per heavy atom. The Kier molecular flexibility index (Phi) is 3.50. The molecule has 5 heteroatoms. The highest BCUT2D eigenvalue weighted by Crippen LogP contribution is 2.19. The molecular weight excluding hydrogens is 252 g/mol. The number of benzene rings is 1. The van der Waals surface area contributed by atoms with Gasteiger partial charge < -0.3 is 4.90 Å². The molecule has 2 aromatic rings. The van der Waals surface area contributed by atoms with Crippen LogP contribution in [0.3, 0.4) is 0 Å². The van der Waals surface area contributed by atoms with E-state index in [1.807, 2.05) is 29.2 Å². The summed E-state index contributed by atoms with van der Waals surface area (Å²) < 4.78 is 1.80. The van der Waals surface area contributed by atoms with E-state index in [-0.39, 0.29) is 5.91 Å². The van der Waals surface area contributed by atoms with Crippen LogP contribution in [0.15, 0.2) is 36.9 Å². The fraction of sp³-hybridized carbons (Fsp3) is 0.400. The molecule has 0 saturated carbocycles. The molecule has 2 heterocycles. The van der Waals surface area contributed by atoms with Crippen LogP contribution in [-0.2, 0) is 0 Å². The zero-order valence-electron chi connectivity index (χ0n) is 11.6. The highest BCUT2D eigenvalue weighted by atomic mass is 16.2. The van der Waals surface area contributed by atoms with Crippen LogP contribution in [0.4, 0.5) is 0 Å². The third kappa shape index (κ3) is 2.57. The van der Waals surface area contributed by atoms with Crippen LogP contribution >= 0.6 is 0 Å². The van der Waals surface area contributed by atoms with Crippen molar-refractivity contribution in [3.63, 3.8) is 0 Å². The molecular formula is C15H18N4O. The van der Waals surface area contributed by atoms with Gasteiger partial charge in [0, 0.05) is 24.3 Å². The first-order chi connectivity index (χ1) is 9.74. The SMILES string of the molecule is CC1CCCN(C(=O)c2cccc(-n3cnnc3)c2)C1. The van der Waals surface area contributed by atoms with Crippen molar-refractivity contribution >= 4 is 5.91 Å². The number of rotatable bonds is 2. The first kappa shape index (κ1) is 12.8. The molecule has 1 aromatic heterocycles. The number of hydrogen-bond donors (Lipinski definition) is 0. The second kappa shape index (κ2) is 5.45. The maximum absolute atomic E-state index is 12.6. The zero-order chi connectivity index (χ0) is 13.9. The molecule has 0 bridgehead atoms. The molecule has 0 N–H and O–H groups in total. The van der Waals surface area contributed by atoms with Crippen LogP contribution < -0.4 is 0 Å². The summed E-state index contributed by atoms with van der Waals surface area (Å²) >= 11 is 0. The lowest BCUT2D eigenvalue weighted by Crippen LogP contribution is -2.39. The quantitative estimate of drug-likeness (QED) is 0.840. The van der Waals surface area contributed by atoms with Gasteiger partial charge in [0.05, 0.1) is 0 Å². The highest BCUT2D eigenvalue weighted by molar-refractivity contribution is 5.94. The molecule has 0 spiro atoms. The lowest BCUT2D eigenvalue weighted by atomic mass is 9.99. The van der Waals surface area contributed by atoms with Crippen LogP contribution in [0.2, 0.25) is 0 Å². The minimum atomic E-state index is 0.117. The molecule has 0 aliphatic carbocycles. The van der Waals surface area contributed by atoms with Crippen LogP contribution in [0.1, 0.15) is 30.1 Å². The second-order valence-electron chi connectivity index (χ2n) is 5.42. The number of carbonyl (C=O) groups is 1. The Morgan fingerprint density at radius 3 is 2.85 bits per heavy atom. The van der Waals surface area contributed by atoms with Gasteiger partial charge in [0.2, 0.25) is 0 Å². The van der Waals surface area contributed by atoms with Crippen molar-refractivity contribution < 1.29 is 4.79 Å². The molecule has 1 fully saturated rings. The van der Waals surface area contributed by atoms with Crippen molar-refractivity contribution in [3.05, 3.63) is 42.5 Å². The maximum atomic E-state index is 12.6. The maximum Gasteiger partial charge on any atom is 0.253 e. The minimum absolute atomic E-state index is 0.117. The van der Waals surface area contributed by atoms with Gasteiger partial charge in [-0.1, -0.05) is 13.0 Å². The molecule has 1 aliphatic rings. The smallest absolute Gasteiger partial charge is 0.253 e. The van der Waals surface area contributed by atoms with Crippen LogP contribution in [0.5, 0.6) is 0 Å². The van der Waals surface area contributed by atoms with Crippen LogP contribution in [-0.4, -0.2) is 38.7 Å². The van der Waals surface area contributed by atoms with Gasteiger partial charge >= 0.3 is 0 Å². The molecule has 1 unspecified atom stereocenters. The molecule has 5 nitrogen and oxygen atoms in total. The Bertz CT molecular complexity index is 594. The van der Waals surface area contributed by atoms with Gasteiger partial charge in [-0.05, 0) is 37.0 Å². The molecule has 104 valence electrons. The third-order valence-corrected chi connectivity index (χ3v) is 3.75. The number of likely N-dealkylation sites (tertiary alicyclic amines) is 1. The van der Waals surface area contributed by atoms with Gasteiger partial charge in [-0.15, -0.1) is 10.2 Å². The number of nitrogens with zero attached hydrogens (tertiary/aromatic N) is 4. The molecule has 3 rings (SSSR count). The summed E-state index contributed by atoms with van der Waals surface area (Å²) in [5.74, 6) is 0.709. The summed E-state index contributed by atoms with van der Waals surface area (Å²) in [6, 6.07) is 7.61. The average Bonchev–Trinajstić information content (AvgIpc) is 3.01. The van der Waals surface area contributed by atoms with Crippen molar-refractivity contribution in [1.82, 2.24) is 19.7 Å². The predicted octanol–water partition coefficient (Wildman–Crippen LogP) is 2.14. The van der Waals surface area contributed by atoms with E-state index in [1.165, 1.54) is 6.42 Å². The fourth-order valence-electron chi connectivity index (χ4n) is 2.69. The predicted molar refractivity (Wildman–Crippen MR) is 75.7 cm³/mol. The van der Waals surface area contributed by atoms with E-state index in [0.29, 0.717) is 5.92 Å². The molecule has 1 atom stereocenters. The van der Waals surface area contributed by atoms with Gasteiger partial charge in [-0.3, -0.25) is 9.36 Å². The molecule has 1 amide bonds. The van der Waals surface area contributed by atoms with E-state index in [1.54, 1.807) is 17.2 Å². The Hall–Kier alpha value is -2.17. The summed E-state index contributed by atoms with van der Waals surface area (Å²) in [6.45, 7) is 3.92. The van der Waals surface area contributed by atoms with E-state index in [4.69, 9.17) is 0 Å². The Labute approximate surface area is 118 Å². The molecule has 1 saturated heterocycles. The van der Waals surface area contributed by atoms with E-state index in [9.17, 15) is 4.79 Å². The Morgan fingerprint density at radius 1 is 1.30 bits per heavy atom. The van der Waals surface area contributed by atoms with E-state index < -0.39 is 0 Å². The van der Waals surface area contributed by atoms with Crippen molar-refractivity contribution in [2.45, 2.75) is 19.8 Å². The highest BCUT2D eigenvalue weighted by Gasteiger charge is 2.22. The van der Waals surface area contributed by atoms with Gasteiger partial charge in [-0.2, -0.15) is 0 Å². The van der Waals surface area contributed by atoms with Crippen molar-refractivity contribution in [1.29, 1.82) is 0 Å². The van der Waals surface area contributed by atoms with E-state index in [0.717, 1.165) is 30.8 Å². The van der Waals surface area contributed by atoms with Gasteiger partial charge in [0.1, 0.15) is 12.7 Å². The van der Waals surface area contributed by atoms with Crippen LogP contribution in [0, 0.1) is 5.92 Å². The van der Waals surface area contributed by atoms with E-state index in [2.05, 4.69) is 17.1 Å². The fourth-order valence-corrected chi connectivity index (χ4v) is 2.69. The van der Waals surface area contributed by atoms with E-state index >= 15 is 0 Å². The summed E-state index contributed by atoms with van der Waals surface area (Å²) in [4.78, 5) is 14.5. The first-order valence-electron chi connectivity index (χ1n) is 6.98. The monoisotopic (exact) mass is 270 g/mol. The Balaban J connectivity index is 1.83. The summed E-state index contributed by atoms with van der Waals surface area (Å²) in [5.41, 5.74) is 1.64. The largest absolute Gasteiger partial charge is 0.338 e. The van der Waals surface area contributed by atoms with Crippen molar-refractivity contribution in [3.8, 4) is 5.69 Å². The number of carbonyl (C=O) groups excluding carboxylic acids is 1. The summed E-state index contributed by atoms with van der Waals surface area (Å²) in [7, 11) is 0. The summed E-state index contributed by atoms with van der Waals surface area (Å²) in [6.07, 6.45) is 5.57. The third-order valence-electron chi connectivity index (χ3n) is 3.75. The first-order valence-corrected chi connectivity index (χ1v) is 6.98. The van der Waals surface area contributed by atoms with Gasteiger partial charge in [-0.25, -0.2) is 0 Å². The lowest BCUT2D eigenvalue weighted by molar-refractivity contribution is 0.0683. The van der Waals surface area contributed by atoms with Crippen molar-refractivity contribution in [2.24, 2.45) is 5.92 Å². The number of amides is 1. The molecule has 1 aliphatic heterocycles. The normalized spacial score (nSPS) is 19.1. The standard InChI is InChI=1S/C15H18N4O/c1-12-4-3-7-18(9-12)15(20)13-5-2-6-14(8-13)19-10-16-17-11-19/h2,5-6,8,10-12H,3-4,7,9H2,1H3. The topological polar surface area (TPSA) is 51.0 Å². The second-order valence-corrected chi connectivity index (χ2v) is 5.42. The van der Waals surface area contributed by atoms with Crippen LogP contribution in [0.25, 0.3) is 5.69 Å². The lowest BCUT2D eigenvalue weighted by Gasteiger charge is -2.31. The van der Waals surface area contributed by atoms with Crippen molar-refractivity contribution in [2.75, 3.05) is 13.1 Å². The minimum Gasteiger partial charge on any atom is -0.338 e. The number of piperidine rings is 1. The van der Waals surface area contributed by atoms with Gasteiger partial charge in [0.25, 0.3) is 5.91 Å².